The Bertz CT molecular complexity index is 420. The van der Waals surface area contributed by atoms with Crippen LogP contribution in [0.25, 0.3) is 0 Å². The smallest absolute Gasteiger partial charge is 0.0491 e. The third-order valence-corrected chi connectivity index (χ3v) is 5.63. The highest BCUT2D eigenvalue weighted by Crippen LogP contribution is 2.64. The van der Waals surface area contributed by atoms with Crippen molar-refractivity contribution in [2.45, 2.75) is 44.1 Å². The summed E-state index contributed by atoms with van der Waals surface area (Å²) in [5.41, 5.74) is 2.03. The van der Waals surface area contributed by atoms with Crippen LogP contribution in [0, 0.1) is 11.8 Å². The predicted octanol–water partition coefficient (Wildman–Crippen LogP) is 3.80. The van der Waals surface area contributed by atoms with Crippen molar-refractivity contribution in [2.75, 3.05) is 13.1 Å². The first-order chi connectivity index (χ1) is 8.91. The number of piperidine rings is 1. The van der Waals surface area contributed by atoms with Crippen molar-refractivity contribution in [3.8, 4) is 0 Å². The lowest BCUT2D eigenvalue weighted by Gasteiger charge is -2.45. The Morgan fingerprint density at radius 1 is 1.00 bits per heavy atom. The van der Waals surface area contributed by atoms with Gasteiger partial charge in [-0.2, -0.15) is 0 Å². The molecule has 0 bridgehead atoms. The normalized spacial score (nSPS) is 39.6. The van der Waals surface area contributed by atoms with Crippen LogP contribution in [0.4, 0.5) is 0 Å². The molecule has 2 aliphatic carbocycles. The lowest BCUT2D eigenvalue weighted by atomic mass is 9.81. The summed E-state index contributed by atoms with van der Waals surface area (Å²) in [6.07, 6.45) is 8.63. The molecule has 4 rings (SSSR count). The molecule has 0 N–H and O–H groups in total. The fraction of sp³-hybridized carbons (Fsp3) is 0.647. The van der Waals surface area contributed by atoms with Gasteiger partial charge in [0.1, 0.15) is 0 Å². The average Bonchev–Trinajstić information content (AvgIpc) is 3.15. The molecule has 3 aliphatic rings. The third-order valence-electron chi connectivity index (χ3n) is 5.63. The van der Waals surface area contributed by atoms with Crippen LogP contribution in [0.2, 0.25) is 0 Å². The molecular weight excluding hydrogens is 218 g/mol. The van der Waals surface area contributed by atoms with Crippen molar-refractivity contribution in [3.63, 3.8) is 0 Å². The monoisotopic (exact) mass is 241 g/mol. The van der Waals surface area contributed by atoms with E-state index in [-0.39, 0.29) is 0 Å². The zero-order valence-electron chi connectivity index (χ0n) is 11.1. The Hall–Kier alpha value is -0.820. The van der Waals surface area contributed by atoms with Gasteiger partial charge in [0.25, 0.3) is 0 Å². The molecule has 1 nitrogen and oxygen atoms in total. The fourth-order valence-electron chi connectivity index (χ4n) is 4.70. The van der Waals surface area contributed by atoms with E-state index in [0.717, 1.165) is 11.8 Å². The molecule has 3 fully saturated rings. The standard InChI is InChI=1S/C17H23N/c1-3-7-15(8-4-1)17(10-9-14-13-16(14)17)18-11-5-2-6-12-18/h1,3-4,7-8,14,16H,2,5-6,9-13H2/t14-,16+,17+/m0/s1. The molecule has 2 saturated carbocycles. The molecule has 18 heavy (non-hydrogen) atoms. The fourth-order valence-corrected chi connectivity index (χ4v) is 4.70. The summed E-state index contributed by atoms with van der Waals surface area (Å²) in [5, 5.41) is 0. The zero-order valence-corrected chi connectivity index (χ0v) is 11.1. The molecule has 0 spiro atoms. The molecule has 0 radical (unpaired) electrons. The number of benzene rings is 1. The molecule has 0 unspecified atom stereocenters. The van der Waals surface area contributed by atoms with Gasteiger partial charge in [-0.1, -0.05) is 36.8 Å². The van der Waals surface area contributed by atoms with Crippen molar-refractivity contribution in [1.29, 1.82) is 0 Å². The maximum Gasteiger partial charge on any atom is 0.0491 e. The van der Waals surface area contributed by atoms with Crippen LogP contribution in [-0.4, -0.2) is 18.0 Å². The van der Waals surface area contributed by atoms with Gasteiger partial charge in [0.2, 0.25) is 0 Å². The van der Waals surface area contributed by atoms with E-state index < -0.39 is 0 Å². The molecule has 96 valence electrons. The molecular formula is C17H23N. The van der Waals surface area contributed by atoms with Crippen molar-refractivity contribution in [1.82, 2.24) is 4.90 Å². The quantitative estimate of drug-likeness (QED) is 0.761. The van der Waals surface area contributed by atoms with Gasteiger partial charge in [0.05, 0.1) is 0 Å². The highest BCUT2D eigenvalue weighted by molar-refractivity contribution is 5.31. The summed E-state index contributed by atoms with van der Waals surface area (Å²) < 4.78 is 0. The van der Waals surface area contributed by atoms with Crippen LogP contribution < -0.4 is 0 Å². The topological polar surface area (TPSA) is 3.24 Å². The second-order valence-electron chi connectivity index (χ2n) is 6.48. The maximum atomic E-state index is 2.85. The number of rotatable bonds is 2. The Morgan fingerprint density at radius 2 is 1.78 bits per heavy atom. The van der Waals surface area contributed by atoms with Crippen molar-refractivity contribution in [3.05, 3.63) is 35.9 Å². The number of likely N-dealkylation sites (tertiary alicyclic amines) is 1. The molecule has 1 aliphatic heterocycles. The van der Waals surface area contributed by atoms with Gasteiger partial charge >= 0.3 is 0 Å². The van der Waals surface area contributed by atoms with Gasteiger partial charge < -0.3 is 0 Å². The maximum absolute atomic E-state index is 2.85. The first kappa shape index (κ1) is 11.0. The van der Waals surface area contributed by atoms with Gasteiger partial charge in [-0.3, -0.25) is 4.90 Å². The molecule has 3 atom stereocenters. The van der Waals surface area contributed by atoms with Gasteiger partial charge in [0, 0.05) is 5.54 Å². The van der Waals surface area contributed by atoms with Crippen molar-refractivity contribution >= 4 is 0 Å². The lowest BCUT2D eigenvalue weighted by molar-refractivity contribution is 0.0494. The second kappa shape index (κ2) is 4.09. The molecule has 1 saturated heterocycles. The van der Waals surface area contributed by atoms with Gasteiger partial charge in [-0.05, 0) is 62.6 Å². The van der Waals surface area contributed by atoms with E-state index in [9.17, 15) is 0 Å². The summed E-state index contributed by atoms with van der Waals surface area (Å²) in [6, 6.07) is 11.4. The molecule has 0 amide bonds. The Balaban J connectivity index is 1.74. The predicted molar refractivity (Wildman–Crippen MR) is 74.4 cm³/mol. The van der Waals surface area contributed by atoms with Crippen molar-refractivity contribution < 1.29 is 0 Å². The van der Waals surface area contributed by atoms with E-state index in [2.05, 4.69) is 35.2 Å². The van der Waals surface area contributed by atoms with Crippen LogP contribution in [0.3, 0.4) is 0 Å². The summed E-state index contributed by atoms with van der Waals surface area (Å²) in [6.45, 7) is 2.66. The van der Waals surface area contributed by atoms with Crippen molar-refractivity contribution in [2.24, 2.45) is 11.8 Å². The third kappa shape index (κ3) is 1.50. The Kier molecular flexibility index (Phi) is 2.51. The highest BCUT2D eigenvalue weighted by atomic mass is 15.2. The molecule has 1 heteroatoms. The summed E-state index contributed by atoms with van der Waals surface area (Å²) in [4.78, 5) is 2.85. The first-order valence-corrected chi connectivity index (χ1v) is 7.72. The van der Waals surface area contributed by atoms with E-state index >= 15 is 0 Å². The van der Waals surface area contributed by atoms with E-state index in [0.29, 0.717) is 5.54 Å². The Labute approximate surface area is 110 Å². The molecule has 1 aromatic carbocycles. The summed E-state index contributed by atoms with van der Waals surface area (Å²) in [5.74, 6) is 2.02. The minimum atomic E-state index is 0.423. The average molecular weight is 241 g/mol. The minimum absolute atomic E-state index is 0.423. The lowest BCUT2D eigenvalue weighted by Crippen LogP contribution is -2.49. The SMILES string of the molecule is c1ccc([C@]2(N3CCCCC3)CC[C@H]3C[C@H]32)cc1. The molecule has 1 heterocycles. The number of hydrogen-bond acceptors (Lipinski definition) is 1. The first-order valence-electron chi connectivity index (χ1n) is 7.72. The molecule has 0 aromatic heterocycles. The van der Waals surface area contributed by atoms with Gasteiger partial charge in [-0.25, -0.2) is 0 Å². The van der Waals surface area contributed by atoms with Crippen LogP contribution in [-0.2, 0) is 5.54 Å². The van der Waals surface area contributed by atoms with E-state index in [1.165, 1.54) is 51.6 Å². The molecule has 1 aromatic rings. The minimum Gasteiger partial charge on any atom is -0.293 e. The zero-order chi connectivity index (χ0) is 12.0. The van der Waals surface area contributed by atoms with E-state index in [1.807, 2.05) is 0 Å². The van der Waals surface area contributed by atoms with Crippen LogP contribution >= 0.6 is 0 Å². The number of hydrogen-bond donors (Lipinski definition) is 0. The van der Waals surface area contributed by atoms with Gasteiger partial charge in [-0.15, -0.1) is 0 Å². The largest absolute Gasteiger partial charge is 0.293 e. The van der Waals surface area contributed by atoms with E-state index in [1.54, 1.807) is 5.56 Å². The second-order valence-corrected chi connectivity index (χ2v) is 6.48. The number of nitrogens with zero attached hydrogens (tertiary/aromatic N) is 1. The van der Waals surface area contributed by atoms with Crippen LogP contribution in [0.15, 0.2) is 30.3 Å². The van der Waals surface area contributed by atoms with Crippen LogP contribution in [0.1, 0.15) is 44.1 Å². The highest BCUT2D eigenvalue weighted by Gasteiger charge is 2.60. The number of fused-ring (bicyclic) bond motifs is 1. The van der Waals surface area contributed by atoms with Gasteiger partial charge in [0.15, 0.2) is 0 Å². The Morgan fingerprint density at radius 3 is 2.39 bits per heavy atom. The van der Waals surface area contributed by atoms with Crippen LogP contribution in [0.5, 0.6) is 0 Å². The summed E-state index contributed by atoms with van der Waals surface area (Å²) >= 11 is 0. The van der Waals surface area contributed by atoms with E-state index in [4.69, 9.17) is 0 Å². The summed E-state index contributed by atoms with van der Waals surface area (Å²) in [7, 11) is 0.